The average molecular weight is 2180 g/mol. The van der Waals surface area contributed by atoms with E-state index in [2.05, 4.69) is 364 Å². The number of hydrogen-bond acceptors (Lipinski definition) is 12. The van der Waals surface area contributed by atoms with E-state index in [-0.39, 0.29) is 127 Å². The van der Waals surface area contributed by atoms with E-state index in [4.69, 9.17) is 56.8 Å². The lowest BCUT2D eigenvalue weighted by molar-refractivity contribution is -0.597. The van der Waals surface area contributed by atoms with Crippen LogP contribution < -0.4 is 157 Å². The SMILES string of the molecule is O=[PH]([O-])F.O=[PH]([O-])F.O=[PH]([O-])F.O=[PH]([O-])F.O=[PH]([O-])F.O=[PH]([O-])F.c1ccc([I+]c2ccccc2)cc1.c1ccc([I+]c2ccccc2)cc1.c1ccc([I+]c2ccccc2)cc1.c1ccc([I+]c2ccccc2)cc1.c1ccc([I+]c2ccccc2)cc1.c1ccc([I+]c2ccccc2)cc1. The van der Waals surface area contributed by atoms with Crippen LogP contribution in [-0.4, -0.2) is 0 Å². The normalized spacial score (nSPS) is 11.2. The summed E-state index contributed by atoms with van der Waals surface area (Å²) in [4.78, 5) is 50.4. The van der Waals surface area contributed by atoms with Gasteiger partial charge in [0.05, 0.1) is 0 Å². The molecule has 12 aromatic rings. The minimum absolute atomic E-state index is 0.0287. The molecule has 0 saturated heterocycles. The van der Waals surface area contributed by atoms with Crippen LogP contribution >= 0.6 is 50.0 Å². The number of halogens is 12. The van der Waals surface area contributed by atoms with Crippen molar-refractivity contribution in [1.29, 1.82) is 0 Å². The molecule has 12 nitrogen and oxygen atoms in total. The lowest BCUT2D eigenvalue weighted by Gasteiger charge is -1.84. The van der Waals surface area contributed by atoms with Crippen molar-refractivity contribution in [1.82, 2.24) is 0 Å². The first-order valence-electron chi connectivity index (χ1n) is 28.8. The predicted molar refractivity (Wildman–Crippen MR) is 362 cm³/mol. The fourth-order valence-corrected chi connectivity index (χ4v) is 20.1. The molecule has 0 bridgehead atoms. The van der Waals surface area contributed by atoms with Crippen molar-refractivity contribution < 1.29 is 209 Å². The van der Waals surface area contributed by atoms with Crippen molar-refractivity contribution in [2.24, 2.45) is 0 Å². The highest BCUT2D eigenvalue weighted by atomic mass is 127. The van der Waals surface area contributed by atoms with Crippen LogP contribution in [0.4, 0.5) is 25.2 Å². The Morgan fingerprint density at radius 1 is 0.147 bits per heavy atom. The van der Waals surface area contributed by atoms with E-state index in [0.717, 1.165) is 0 Å². The van der Waals surface area contributed by atoms with Gasteiger partial charge in [-0.2, -0.15) is 0 Å². The highest BCUT2D eigenvalue weighted by Crippen LogP contribution is 2.05. The topological polar surface area (TPSA) is 241 Å². The second-order valence-electron chi connectivity index (χ2n) is 17.5. The van der Waals surface area contributed by atoms with Gasteiger partial charge in [0.15, 0.2) is 92.9 Å². The highest BCUT2D eigenvalue weighted by molar-refractivity contribution is 7.30. The average Bonchev–Trinajstić information content (AvgIpc) is 1.50. The maximum Gasteiger partial charge on any atom is 0.357 e. The Hall–Kier alpha value is -4.26. The minimum atomic E-state index is -3.88. The van der Waals surface area contributed by atoms with Crippen molar-refractivity contribution >= 4 is 50.0 Å². The molecule has 0 aliphatic heterocycles. The molecular formula is C72H66F6I6O12P6. The van der Waals surface area contributed by atoms with Gasteiger partial charge in [-0.25, -0.2) is 25.2 Å². The molecule has 12 rings (SSSR count). The third kappa shape index (κ3) is 64.1. The fourth-order valence-electron chi connectivity index (χ4n) is 6.49. The van der Waals surface area contributed by atoms with E-state index in [1.807, 2.05) is 0 Å². The van der Waals surface area contributed by atoms with Gasteiger partial charge in [0, 0.05) is 0 Å². The Morgan fingerprint density at radius 2 is 0.196 bits per heavy atom. The zero-order valence-electron chi connectivity index (χ0n) is 53.1. The second-order valence-corrected chi connectivity index (χ2v) is 38.6. The molecule has 0 spiro atoms. The molecule has 0 saturated carbocycles. The fraction of sp³-hybridized carbons (Fsp3) is 0. The summed E-state index contributed by atoms with van der Waals surface area (Å²) >= 11 is 0.172. The first kappa shape index (κ1) is 95.8. The van der Waals surface area contributed by atoms with Gasteiger partial charge in [-0.3, -0.25) is 0 Å². The summed E-state index contributed by atoms with van der Waals surface area (Å²) in [5.41, 5.74) is 0. The minimum Gasteiger partial charge on any atom is -0.777 e. The van der Waals surface area contributed by atoms with E-state index in [0.29, 0.717) is 0 Å². The van der Waals surface area contributed by atoms with Crippen LogP contribution in [0.1, 0.15) is 0 Å². The third-order valence-electron chi connectivity index (χ3n) is 10.1. The van der Waals surface area contributed by atoms with Crippen LogP contribution in [0.3, 0.4) is 0 Å². The molecule has 6 unspecified atom stereocenters. The highest BCUT2D eigenvalue weighted by Gasteiger charge is 2.17. The van der Waals surface area contributed by atoms with E-state index in [9.17, 15) is 25.2 Å². The van der Waals surface area contributed by atoms with Crippen molar-refractivity contribution in [3.05, 3.63) is 407 Å². The molecule has 6 atom stereocenters. The number of hydrogen-bond donors (Lipinski definition) is 0. The van der Waals surface area contributed by atoms with Gasteiger partial charge in [-0.1, -0.05) is 218 Å². The Labute approximate surface area is 658 Å². The maximum atomic E-state index is 9.99. The van der Waals surface area contributed by atoms with Gasteiger partial charge in [0.1, 0.15) is 0 Å². The summed E-state index contributed by atoms with van der Waals surface area (Å²) in [6, 6.07) is 128. The molecule has 0 aromatic heterocycles. The van der Waals surface area contributed by atoms with Gasteiger partial charge in [0.25, 0.3) is 0 Å². The molecule has 0 fully saturated rings. The first-order valence-corrected chi connectivity index (χ1v) is 48.9. The monoisotopic (exact) mass is 2180 g/mol. The van der Waals surface area contributed by atoms with Crippen LogP contribution in [0.5, 0.6) is 0 Å². The lowest BCUT2D eigenvalue weighted by Crippen LogP contribution is -3.61. The molecule has 0 aliphatic rings. The third-order valence-corrected chi connectivity index (χ3v) is 26.2. The van der Waals surface area contributed by atoms with Gasteiger partial charge in [-0.15, -0.1) is 0 Å². The zero-order chi connectivity index (χ0) is 75.1. The van der Waals surface area contributed by atoms with Crippen LogP contribution in [0.25, 0.3) is 0 Å². The van der Waals surface area contributed by atoms with Gasteiger partial charge >= 0.3 is 127 Å². The molecule has 0 N–H and O–H groups in total. The molecule has 540 valence electrons. The molecule has 0 heterocycles. The standard InChI is InChI=1S/6C12H10I.6FH2O2P/c6*1-3-7-11(8-4-1)13-12-9-5-2-6-10-12;6*1-4(2)3/h6*1-10H;6*4H,(H,2,3)/q6*+1;;;;;;/p-6. The largest absolute Gasteiger partial charge is 0.777 e. The van der Waals surface area contributed by atoms with E-state index < -0.39 is 50.0 Å². The van der Waals surface area contributed by atoms with Gasteiger partial charge < -0.3 is 56.8 Å². The van der Waals surface area contributed by atoms with E-state index in [1.54, 1.807) is 0 Å². The summed E-state index contributed by atoms with van der Waals surface area (Å²) in [6.45, 7) is 0. The van der Waals surface area contributed by atoms with Crippen LogP contribution in [0, 0.1) is 42.8 Å². The zero-order valence-corrected chi connectivity index (χ0v) is 72.0. The second kappa shape index (κ2) is 66.2. The molecular weight excluding hydrogens is 2120 g/mol. The van der Waals surface area contributed by atoms with Crippen molar-refractivity contribution in [2.45, 2.75) is 0 Å². The predicted octanol–water partition coefficient (Wildman–Crippen LogP) is -2.87. The first-order chi connectivity index (χ1) is 49.1. The van der Waals surface area contributed by atoms with E-state index >= 15 is 0 Å². The van der Waals surface area contributed by atoms with E-state index in [1.165, 1.54) is 42.8 Å². The molecule has 0 amide bonds. The Kier molecular flexibility index (Phi) is 62.1. The van der Waals surface area contributed by atoms with Crippen LogP contribution in [0.2, 0.25) is 0 Å². The smallest absolute Gasteiger partial charge is 0.357 e. The maximum absolute atomic E-state index is 9.99. The van der Waals surface area contributed by atoms with Crippen LogP contribution in [0.15, 0.2) is 364 Å². The van der Waals surface area contributed by atoms with Gasteiger partial charge in [-0.05, 0) is 146 Å². The van der Waals surface area contributed by atoms with Crippen molar-refractivity contribution in [3.8, 4) is 0 Å². The lowest BCUT2D eigenvalue weighted by atomic mass is 10.4. The Morgan fingerprint density at radius 3 is 0.245 bits per heavy atom. The number of rotatable bonds is 12. The molecule has 0 radical (unpaired) electrons. The summed E-state index contributed by atoms with van der Waals surface area (Å²) in [7, 11) is -23.3. The Bertz CT molecular complexity index is 3140. The Balaban J connectivity index is 0.000000575. The molecule has 0 aliphatic carbocycles. The summed E-state index contributed by atoms with van der Waals surface area (Å²) in [5, 5.41) is 0. The summed E-state index contributed by atoms with van der Waals surface area (Å²) in [5.74, 6) is 0. The van der Waals surface area contributed by atoms with Gasteiger partial charge in [0.2, 0.25) is 0 Å². The van der Waals surface area contributed by atoms with Crippen molar-refractivity contribution in [2.75, 3.05) is 0 Å². The molecule has 30 heteroatoms. The van der Waals surface area contributed by atoms with Crippen LogP contribution in [-0.2, 0) is 27.4 Å². The quantitative estimate of drug-likeness (QED) is 0.0682. The molecule has 12 aromatic carbocycles. The molecule has 102 heavy (non-hydrogen) atoms. The summed E-state index contributed by atoms with van der Waals surface area (Å²) in [6.07, 6.45) is 0. The van der Waals surface area contributed by atoms with Crippen molar-refractivity contribution in [3.63, 3.8) is 0 Å². The number of benzene rings is 12. The summed E-state index contributed by atoms with van der Waals surface area (Å²) < 4.78 is 128.